The molecule has 0 saturated carbocycles. The van der Waals surface area contributed by atoms with E-state index in [0.717, 1.165) is 0 Å². The van der Waals surface area contributed by atoms with Gasteiger partial charge in [-0.05, 0) is 31.8 Å². The molecule has 0 aliphatic heterocycles. The fourth-order valence-electron chi connectivity index (χ4n) is 2.31. The van der Waals surface area contributed by atoms with Crippen molar-refractivity contribution in [1.29, 1.82) is 0 Å². The van der Waals surface area contributed by atoms with Crippen LogP contribution in [0.2, 0.25) is 0 Å². The Kier molecular flexibility index (Phi) is 12.9. The van der Waals surface area contributed by atoms with Crippen molar-refractivity contribution in [1.82, 2.24) is 16.0 Å². The number of rotatable bonds is 15. The van der Waals surface area contributed by atoms with Crippen LogP contribution in [0.3, 0.4) is 0 Å². The Bertz CT molecular complexity index is 688. The predicted molar refractivity (Wildman–Crippen MR) is 112 cm³/mol. The molecule has 0 spiro atoms. The molecule has 0 radical (unpaired) electrons. The van der Waals surface area contributed by atoms with E-state index in [1.807, 2.05) is 0 Å². The fraction of sp³-hybridized carbons (Fsp3) is 0.647. The molecule has 0 aliphatic carbocycles. The quantitative estimate of drug-likeness (QED) is 0.129. The van der Waals surface area contributed by atoms with Crippen LogP contribution in [0.1, 0.15) is 32.6 Å². The Morgan fingerprint density at radius 1 is 0.839 bits per heavy atom. The number of nitrogens with one attached hydrogen (secondary N) is 3. The van der Waals surface area contributed by atoms with Crippen LogP contribution in [0.25, 0.3) is 0 Å². The van der Waals surface area contributed by atoms with E-state index in [4.69, 9.17) is 22.3 Å². The van der Waals surface area contributed by atoms with Crippen molar-refractivity contribution in [3.05, 3.63) is 0 Å². The van der Waals surface area contributed by atoms with Crippen molar-refractivity contribution in [2.24, 2.45) is 17.2 Å². The predicted octanol–water partition coefficient (Wildman–Crippen LogP) is -3.23. The molecule has 0 saturated heterocycles. The number of carbonyl (C=O) groups excluding carboxylic acids is 5. The molecule has 14 heteroatoms. The van der Waals surface area contributed by atoms with Gasteiger partial charge in [0.25, 0.3) is 0 Å². The van der Waals surface area contributed by atoms with Gasteiger partial charge in [0.2, 0.25) is 29.5 Å². The van der Waals surface area contributed by atoms with Crippen molar-refractivity contribution in [3.63, 3.8) is 0 Å². The van der Waals surface area contributed by atoms with Gasteiger partial charge in [-0.25, -0.2) is 4.79 Å². The summed E-state index contributed by atoms with van der Waals surface area (Å²) >= 11 is 1.38. The lowest BCUT2D eigenvalue weighted by atomic mass is 10.1. The normalized spacial score (nSPS) is 14.4. The third-order valence-electron chi connectivity index (χ3n) is 3.99. The van der Waals surface area contributed by atoms with Crippen LogP contribution >= 0.6 is 11.8 Å². The molecule has 0 heterocycles. The smallest absolute Gasteiger partial charge is 0.326 e. The molecular formula is C17H30N6O7S. The second-order valence-electron chi connectivity index (χ2n) is 6.77. The van der Waals surface area contributed by atoms with Crippen LogP contribution in [0.15, 0.2) is 0 Å². The molecule has 0 bridgehead atoms. The van der Waals surface area contributed by atoms with E-state index in [0.29, 0.717) is 5.75 Å². The van der Waals surface area contributed by atoms with Crippen LogP contribution in [-0.4, -0.2) is 76.8 Å². The second-order valence-corrected chi connectivity index (χ2v) is 7.75. The van der Waals surface area contributed by atoms with E-state index in [9.17, 15) is 28.8 Å². The van der Waals surface area contributed by atoms with Crippen LogP contribution in [-0.2, 0) is 28.8 Å². The van der Waals surface area contributed by atoms with Gasteiger partial charge in [-0.15, -0.1) is 0 Å². The van der Waals surface area contributed by atoms with Gasteiger partial charge in [-0.1, -0.05) is 0 Å². The Morgan fingerprint density at radius 2 is 1.32 bits per heavy atom. The van der Waals surface area contributed by atoms with Crippen molar-refractivity contribution in [2.45, 2.75) is 56.8 Å². The van der Waals surface area contributed by atoms with Crippen molar-refractivity contribution in [2.75, 3.05) is 12.0 Å². The van der Waals surface area contributed by atoms with E-state index in [1.165, 1.54) is 18.7 Å². The number of carboxylic acids is 1. The highest BCUT2D eigenvalue weighted by molar-refractivity contribution is 7.98. The van der Waals surface area contributed by atoms with Gasteiger partial charge in [0, 0.05) is 6.42 Å². The SMILES string of the molecule is CSCCC(NC(=O)C(CCC(N)=O)NC(=O)C(C)N)C(=O)NC(CC(N)=O)C(=O)O. The number of hydrogen-bond acceptors (Lipinski definition) is 8. The van der Waals surface area contributed by atoms with E-state index in [-0.39, 0.29) is 19.3 Å². The molecule has 10 N–H and O–H groups in total. The average Bonchev–Trinajstić information content (AvgIpc) is 2.66. The topological polar surface area (TPSA) is 237 Å². The molecule has 0 rings (SSSR count). The number of amides is 5. The van der Waals surface area contributed by atoms with Gasteiger partial charge in [0.15, 0.2) is 0 Å². The summed E-state index contributed by atoms with van der Waals surface area (Å²) in [5.74, 6) is -4.93. The Labute approximate surface area is 183 Å². The first-order valence-electron chi connectivity index (χ1n) is 9.34. The first-order chi connectivity index (χ1) is 14.4. The summed E-state index contributed by atoms with van der Waals surface area (Å²) < 4.78 is 0. The maximum atomic E-state index is 12.7. The number of carboxylic acid groups (broad SMARTS) is 1. The summed E-state index contributed by atoms with van der Waals surface area (Å²) in [6, 6.07) is -4.86. The maximum Gasteiger partial charge on any atom is 0.326 e. The van der Waals surface area contributed by atoms with Crippen LogP contribution in [0, 0.1) is 0 Å². The Balaban J connectivity index is 5.43. The van der Waals surface area contributed by atoms with E-state index in [1.54, 1.807) is 6.26 Å². The lowest BCUT2D eigenvalue weighted by Crippen LogP contribution is -2.57. The third kappa shape index (κ3) is 11.8. The molecule has 4 atom stereocenters. The largest absolute Gasteiger partial charge is 0.480 e. The molecule has 0 aromatic rings. The Hall–Kier alpha value is -2.87. The van der Waals surface area contributed by atoms with Crippen LogP contribution in [0.4, 0.5) is 0 Å². The zero-order chi connectivity index (χ0) is 24.1. The van der Waals surface area contributed by atoms with E-state index in [2.05, 4.69) is 16.0 Å². The lowest BCUT2D eigenvalue weighted by molar-refractivity contribution is -0.143. The minimum atomic E-state index is -1.57. The zero-order valence-corrected chi connectivity index (χ0v) is 18.2. The van der Waals surface area contributed by atoms with E-state index < -0.39 is 66.1 Å². The van der Waals surface area contributed by atoms with Gasteiger partial charge in [-0.3, -0.25) is 24.0 Å². The first-order valence-corrected chi connectivity index (χ1v) is 10.7. The molecule has 0 aromatic heterocycles. The minimum Gasteiger partial charge on any atom is -0.480 e. The molecule has 31 heavy (non-hydrogen) atoms. The Morgan fingerprint density at radius 3 is 1.74 bits per heavy atom. The van der Waals surface area contributed by atoms with Crippen molar-refractivity contribution in [3.8, 4) is 0 Å². The summed E-state index contributed by atoms with van der Waals surface area (Å²) in [6.45, 7) is 1.40. The highest BCUT2D eigenvalue weighted by atomic mass is 32.2. The summed E-state index contributed by atoms with van der Waals surface area (Å²) in [5, 5.41) is 16.1. The number of primary amides is 2. The molecular weight excluding hydrogens is 432 g/mol. The molecule has 5 amide bonds. The van der Waals surface area contributed by atoms with Crippen LogP contribution < -0.4 is 33.2 Å². The average molecular weight is 463 g/mol. The number of thioether (sulfide) groups is 1. The summed E-state index contributed by atoms with van der Waals surface area (Å²) in [6.07, 6.45) is 0.929. The minimum absolute atomic E-state index is 0.129. The lowest BCUT2D eigenvalue weighted by Gasteiger charge is -2.24. The van der Waals surface area contributed by atoms with Gasteiger partial charge in [0.1, 0.15) is 18.1 Å². The maximum absolute atomic E-state index is 12.7. The standard InChI is InChI=1S/C17H30N6O7S/c1-8(18)14(26)21-9(3-4-12(19)24)15(27)22-10(5-6-31-2)16(28)23-11(17(29)30)7-13(20)25/h8-11H,3-7,18H2,1-2H3,(H2,19,24)(H2,20,25)(H,21,26)(H,22,27)(H,23,28)(H,29,30). The van der Waals surface area contributed by atoms with Gasteiger partial charge >= 0.3 is 5.97 Å². The fourth-order valence-corrected chi connectivity index (χ4v) is 2.78. The number of nitrogens with two attached hydrogens (primary N) is 3. The van der Waals surface area contributed by atoms with Crippen molar-refractivity contribution >= 4 is 47.3 Å². The number of hydrogen-bond donors (Lipinski definition) is 7. The monoisotopic (exact) mass is 462 g/mol. The molecule has 0 aromatic carbocycles. The number of aliphatic carboxylic acids is 1. The molecule has 176 valence electrons. The third-order valence-corrected chi connectivity index (χ3v) is 4.63. The molecule has 4 unspecified atom stereocenters. The first kappa shape index (κ1) is 28.1. The van der Waals surface area contributed by atoms with E-state index >= 15 is 0 Å². The zero-order valence-electron chi connectivity index (χ0n) is 17.4. The van der Waals surface area contributed by atoms with Gasteiger partial charge < -0.3 is 38.3 Å². The van der Waals surface area contributed by atoms with Gasteiger partial charge in [0.05, 0.1) is 12.5 Å². The molecule has 0 fully saturated rings. The summed E-state index contributed by atoms with van der Waals surface area (Å²) in [4.78, 5) is 70.5. The summed E-state index contributed by atoms with van der Waals surface area (Å²) in [7, 11) is 0. The highest BCUT2D eigenvalue weighted by Gasteiger charge is 2.30. The molecule has 0 aliphatic rings. The van der Waals surface area contributed by atoms with Crippen molar-refractivity contribution < 1.29 is 33.9 Å². The van der Waals surface area contributed by atoms with Gasteiger partial charge in [-0.2, -0.15) is 11.8 Å². The highest BCUT2D eigenvalue weighted by Crippen LogP contribution is 2.05. The molecule has 13 nitrogen and oxygen atoms in total. The number of carbonyl (C=O) groups is 6. The van der Waals surface area contributed by atoms with Crippen LogP contribution in [0.5, 0.6) is 0 Å². The second kappa shape index (κ2) is 14.2. The summed E-state index contributed by atoms with van der Waals surface area (Å²) in [5.41, 5.74) is 15.6.